The maximum atomic E-state index is 12.8. The number of nitrogens with zero attached hydrogens (tertiary/aromatic N) is 4. The van der Waals surface area contributed by atoms with Crippen molar-refractivity contribution in [3.05, 3.63) is 0 Å². The Bertz CT molecular complexity index is 1260. The number of aliphatic carboxylic acids is 5. The van der Waals surface area contributed by atoms with Crippen LogP contribution < -0.4 is 21.3 Å². The van der Waals surface area contributed by atoms with E-state index in [0.717, 1.165) is 6.29 Å². The number of unbranched alkanes of at least 4 members (excludes halogenated alkanes) is 2. The normalized spacial score (nSPS) is 16.3. The van der Waals surface area contributed by atoms with E-state index in [0.29, 0.717) is 84.6 Å². The number of hydrogen-bond donors (Lipinski definition) is 9. The molecule has 55 heavy (non-hydrogen) atoms. The van der Waals surface area contributed by atoms with Crippen molar-refractivity contribution in [2.45, 2.75) is 63.5 Å². The summed E-state index contributed by atoms with van der Waals surface area (Å²) in [5, 5.41) is 55.8. The van der Waals surface area contributed by atoms with Crippen LogP contribution in [-0.2, 0) is 38.4 Å². The molecule has 312 valence electrons. The van der Waals surface area contributed by atoms with Gasteiger partial charge in [0, 0.05) is 78.3 Å². The van der Waals surface area contributed by atoms with Gasteiger partial charge in [-0.15, -0.1) is 0 Å². The third-order valence-corrected chi connectivity index (χ3v) is 8.60. The Balaban J connectivity index is 2.46. The molecule has 0 aromatic heterocycles. The van der Waals surface area contributed by atoms with E-state index in [1.165, 1.54) is 0 Å². The molecule has 0 bridgehead atoms. The number of urea groups is 1. The van der Waals surface area contributed by atoms with Gasteiger partial charge in [-0.3, -0.25) is 43.6 Å². The first-order chi connectivity index (χ1) is 26.1. The highest BCUT2D eigenvalue weighted by atomic mass is 16.4. The summed E-state index contributed by atoms with van der Waals surface area (Å²) in [4.78, 5) is 112. The Hall–Kier alpha value is -4.93. The topological polar surface area (TPSA) is 316 Å². The number of carboxylic acids is 5. The summed E-state index contributed by atoms with van der Waals surface area (Å²) >= 11 is 0. The van der Waals surface area contributed by atoms with Crippen molar-refractivity contribution in [1.82, 2.24) is 40.9 Å². The van der Waals surface area contributed by atoms with Crippen molar-refractivity contribution >= 4 is 54.0 Å². The Kier molecular flexibility index (Phi) is 24.2. The number of carbonyl (C=O) groups is 9. The molecule has 0 aromatic carbocycles. The predicted molar refractivity (Wildman–Crippen MR) is 192 cm³/mol. The monoisotopic (exact) mass is 788 g/mol. The third kappa shape index (κ3) is 24.2. The van der Waals surface area contributed by atoms with Crippen LogP contribution in [0.4, 0.5) is 4.79 Å². The molecule has 1 aliphatic rings. The minimum atomic E-state index is -1.51. The predicted octanol–water partition coefficient (Wildman–Crippen LogP) is -2.78. The van der Waals surface area contributed by atoms with Crippen molar-refractivity contribution < 1.29 is 68.7 Å². The van der Waals surface area contributed by atoms with Crippen molar-refractivity contribution in [1.29, 1.82) is 0 Å². The summed E-state index contributed by atoms with van der Waals surface area (Å²) in [6.07, 6.45) is 1.69. The van der Waals surface area contributed by atoms with Gasteiger partial charge in [0.2, 0.25) is 11.8 Å². The summed E-state index contributed by atoms with van der Waals surface area (Å²) in [7, 11) is 0. The van der Waals surface area contributed by atoms with Crippen LogP contribution >= 0.6 is 0 Å². The molecule has 1 saturated heterocycles. The smallest absolute Gasteiger partial charge is 0.326 e. The van der Waals surface area contributed by atoms with Gasteiger partial charge in [0.15, 0.2) is 0 Å². The highest BCUT2D eigenvalue weighted by Crippen LogP contribution is 2.05. The van der Waals surface area contributed by atoms with E-state index in [1.54, 1.807) is 9.80 Å². The van der Waals surface area contributed by atoms with Crippen LogP contribution in [0.15, 0.2) is 0 Å². The molecule has 0 saturated carbocycles. The number of carboxylic acid groups (broad SMARTS) is 5. The second kappa shape index (κ2) is 27.6. The number of hydrogen-bond acceptors (Lipinski definition) is 13. The first-order valence-corrected chi connectivity index (χ1v) is 18.1. The lowest BCUT2D eigenvalue weighted by Gasteiger charge is -2.32. The average Bonchev–Trinajstić information content (AvgIpc) is 3.09. The lowest BCUT2D eigenvalue weighted by Crippen LogP contribution is -2.51. The highest BCUT2D eigenvalue weighted by molar-refractivity contribution is 5.86. The van der Waals surface area contributed by atoms with Gasteiger partial charge in [-0.25, -0.2) is 14.4 Å². The number of carbonyl (C=O) groups excluding carboxylic acids is 4. The van der Waals surface area contributed by atoms with Crippen LogP contribution in [0.3, 0.4) is 0 Å². The van der Waals surface area contributed by atoms with Gasteiger partial charge in [-0.2, -0.15) is 0 Å². The van der Waals surface area contributed by atoms with Gasteiger partial charge in [0.25, 0.3) is 0 Å². The summed E-state index contributed by atoms with van der Waals surface area (Å²) in [6, 6.07) is -3.92. The molecule has 0 aliphatic carbocycles. The Labute approximate surface area is 318 Å². The Morgan fingerprint density at radius 2 is 0.945 bits per heavy atom. The van der Waals surface area contributed by atoms with Crippen LogP contribution in [0.25, 0.3) is 0 Å². The fourth-order valence-corrected chi connectivity index (χ4v) is 5.55. The van der Waals surface area contributed by atoms with Crippen LogP contribution in [0.2, 0.25) is 0 Å². The molecule has 22 nitrogen and oxygen atoms in total. The van der Waals surface area contributed by atoms with Crippen LogP contribution in [-0.4, -0.2) is 203 Å². The van der Waals surface area contributed by atoms with Gasteiger partial charge < -0.3 is 51.6 Å². The maximum absolute atomic E-state index is 12.8. The molecular weight excluding hydrogens is 732 g/mol. The molecule has 1 heterocycles. The number of rotatable bonds is 25. The molecule has 0 spiro atoms. The van der Waals surface area contributed by atoms with Crippen molar-refractivity contribution in [2.75, 3.05) is 91.6 Å². The minimum absolute atomic E-state index is 0.00184. The van der Waals surface area contributed by atoms with E-state index in [1.807, 2.05) is 9.80 Å². The molecule has 0 radical (unpaired) electrons. The zero-order valence-electron chi connectivity index (χ0n) is 31.0. The number of amides is 4. The summed E-state index contributed by atoms with van der Waals surface area (Å²) in [5.41, 5.74) is 0. The lowest BCUT2D eigenvalue weighted by molar-refractivity contribution is -0.141. The van der Waals surface area contributed by atoms with Gasteiger partial charge in [0.05, 0.1) is 26.2 Å². The van der Waals surface area contributed by atoms with Gasteiger partial charge >= 0.3 is 35.9 Å². The molecule has 2 atom stereocenters. The van der Waals surface area contributed by atoms with Gasteiger partial charge in [0.1, 0.15) is 18.4 Å². The van der Waals surface area contributed by atoms with E-state index in [2.05, 4.69) is 21.3 Å². The quantitative estimate of drug-likeness (QED) is 0.0334. The third-order valence-electron chi connectivity index (χ3n) is 8.60. The van der Waals surface area contributed by atoms with Crippen LogP contribution in [0.5, 0.6) is 0 Å². The first kappa shape index (κ1) is 48.1. The molecule has 22 heteroatoms. The summed E-state index contributed by atoms with van der Waals surface area (Å²) in [6.45, 7) is 3.19. The van der Waals surface area contributed by atoms with Gasteiger partial charge in [-0.1, -0.05) is 0 Å². The molecule has 9 N–H and O–H groups in total. The second-order valence-electron chi connectivity index (χ2n) is 13.1. The molecular formula is C33H56N8O14. The van der Waals surface area contributed by atoms with Crippen LogP contribution in [0, 0.1) is 0 Å². The Morgan fingerprint density at radius 3 is 1.40 bits per heavy atom. The van der Waals surface area contributed by atoms with Crippen molar-refractivity contribution in [2.24, 2.45) is 0 Å². The SMILES string of the molecule is O=CCN1CCN(CC(=O)O)CCN(CC(=O)NCCCCC(=O)NCCCCC(NC(=O)NC(CCC(=O)O)C(=O)O)C(=O)O)CCN(CC(=O)O)CC1. The molecule has 1 rings (SSSR count). The summed E-state index contributed by atoms with van der Waals surface area (Å²) < 4.78 is 0. The zero-order valence-corrected chi connectivity index (χ0v) is 31.0. The summed E-state index contributed by atoms with van der Waals surface area (Å²) in [5.74, 6) is -6.61. The fraction of sp³-hybridized carbons (Fsp3) is 0.727. The van der Waals surface area contributed by atoms with E-state index >= 15 is 0 Å². The molecule has 2 unspecified atom stereocenters. The van der Waals surface area contributed by atoms with E-state index in [-0.39, 0.29) is 63.8 Å². The van der Waals surface area contributed by atoms with E-state index < -0.39 is 54.4 Å². The lowest BCUT2D eigenvalue weighted by atomic mass is 10.1. The molecule has 0 aromatic rings. The fourth-order valence-electron chi connectivity index (χ4n) is 5.55. The minimum Gasteiger partial charge on any atom is -0.481 e. The number of aldehydes is 1. The second-order valence-corrected chi connectivity index (χ2v) is 13.1. The molecule has 1 fully saturated rings. The van der Waals surface area contributed by atoms with Crippen molar-refractivity contribution in [3.8, 4) is 0 Å². The van der Waals surface area contributed by atoms with Crippen molar-refractivity contribution in [3.63, 3.8) is 0 Å². The first-order valence-electron chi connectivity index (χ1n) is 18.1. The molecule has 1 aliphatic heterocycles. The average molecular weight is 789 g/mol. The maximum Gasteiger partial charge on any atom is 0.326 e. The Morgan fingerprint density at radius 1 is 0.509 bits per heavy atom. The van der Waals surface area contributed by atoms with Gasteiger partial charge in [-0.05, 0) is 38.5 Å². The highest BCUT2D eigenvalue weighted by Gasteiger charge is 2.25. The van der Waals surface area contributed by atoms with Crippen LogP contribution in [0.1, 0.15) is 51.4 Å². The number of nitrogens with one attached hydrogen (secondary N) is 4. The van der Waals surface area contributed by atoms with E-state index in [4.69, 9.17) is 10.2 Å². The van der Waals surface area contributed by atoms with E-state index in [9.17, 15) is 58.5 Å². The largest absolute Gasteiger partial charge is 0.481 e. The zero-order chi connectivity index (χ0) is 41.2. The molecule has 4 amide bonds. The standard InChI is InChI=1S/C33H56N8O14/c42-20-19-38-11-13-40(22-29(47)48)17-15-39(16-18-41(14-12-38)23-30(49)50)21-27(44)35-10-4-2-6-26(43)34-9-3-1-5-24(31(51)52)36-33(55)37-25(32(53)54)7-8-28(45)46/h20,24-25H,1-19,21-23H2,(H,34,43)(H,35,44)(H,45,46)(H,47,48)(H,49,50)(H,51,52)(H,53,54)(H2,36,37,55).